The number of carbonyl (C=O) groups excluding carboxylic acids is 2. The van der Waals surface area contributed by atoms with Gasteiger partial charge in [0.1, 0.15) is 4.88 Å². The molecule has 124 valence electrons. The van der Waals surface area contributed by atoms with Gasteiger partial charge in [0.25, 0.3) is 5.91 Å². The predicted molar refractivity (Wildman–Crippen MR) is 82.9 cm³/mol. The van der Waals surface area contributed by atoms with E-state index >= 15 is 0 Å². The average molecular weight is 365 g/mol. The van der Waals surface area contributed by atoms with E-state index in [0.29, 0.717) is 11.9 Å². The van der Waals surface area contributed by atoms with Crippen LogP contribution in [0.2, 0.25) is 5.02 Å². The van der Waals surface area contributed by atoms with Crippen LogP contribution in [-0.4, -0.2) is 24.9 Å². The van der Waals surface area contributed by atoms with E-state index in [-0.39, 0.29) is 27.1 Å². The van der Waals surface area contributed by atoms with Crippen LogP contribution in [-0.2, 0) is 11.0 Å². The van der Waals surface area contributed by atoms with E-state index in [1.54, 1.807) is 6.92 Å². The Labute approximate surface area is 138 Å². The number of alkyl halides is 3. The highest BCUT2D eigenvalue weighted by Gasteiger charge is 2.31. The third-order valence-corrected chi connectivity index (χ3v) is 4.60. The summed E-state index contributed by atoms with van der Waals surface area (Å²) in [6, 6.07) is 3.10. The first kappa shape index (κ1) is 17.6. The van der Waals surface area contributed by atoms with E-state index < -0.39 is 17.6 Å². The number of nitrogens with one attached hydrogen (secondary N) is 2. The van der Waals surface area contributed by atoms with Crippen molar-refractivity contribution in [3.05, 3.63) is 33.7 Å². The largest absolute Gasteiger partial charge is 0.416 e. The molecular formula is C14H12ClF3N2O2S. The van der Waals surface area contributed by atoms with Crippen LogP contribution in [0.3, 0.4) is 0 Å². The zero-order chi connectivity index (χ0) is 17.2. The van der Waals surface area contributed by atoms with Crippen molar-refractivity contribution in [2.24, 2.45) is 0 Å². The topological polar surface area (TPSA) is 58.2 Å². The quantitative estimate of drug-likeness (QED) is 0.873. The molecule has 1 aromatic heterocycles. The summed E-state index contributed by atoms with van der Waals surface area (Å²) >= 11 is 6.91. The molecule has 4 nitrogen and oxygen atoms in total. The molecule has 0 saturated heterocycles. The average Bonchev–Trinajstić information content (AvgIpc) is 2.81. The second kappa shape index (κ2) is 6.76. The molecule has 0 fully saturated rings. The van der Waals surface area contributed by atoms with Crippen molar-refractivity contribution in [1.29, 1.82) is 0 Å². The second-order valence-electron chi connectivity index (χ2n) is 4.59. The second-order valence-corrected chi connectivity index (χ2v) is 6.02. The molecule has 0 bridgehead atoms. The van der Waals surface area contributed by atoms with Gasteiger partial charge in [-0.1, -0.05) is 17.7 Å². The molecule has 0 spiro atoms. The van der Waals surface area contributed by atoms with Gasteiger partial charge in [0.05, 0.1) is 17.1 Å². The lowest BCUT2D eigenvalue weighted by atomic mass is 10.1. The van der Waals surface area contributed by atoms with Crippen LogP contribution in [0.25, 0.3) is 10.1 Å². The summed E-state index contributed by atoms with van der Waals surface area (Å²) in [6.45, 7) is 1.93. The van der Waals surface area contributed by atoms with E-state index in [2.05, 4.69) is 10.6 Å². The standard InChI is InChI=1S/C14H12ClF3N2O2S/c1-2-19-10(21)6-20-13(22)12-11(15)8-4-3-7(14(16,17)18)5-9(8)23-12/h3-5H,2,6H2,1H3,(H,19,21)(H,20,22). The molecule has 0 radical (unpaired) electrons. The molecule has 0 atom stereocenters. The molecule has 1 aromatic carbocycles. The van der Waals surface area contributed by atoms with Crippen LogP contribution >= 0.6 is 22.9 Å². The van der Waals surface area contributed by atoms with Crippen LogP contribution in [0.5, 0.6) is 0 Å². The molecule has 2 aromatic rings. The predicted octanol–water partition coefficient (Wildman–Crippen LogP) is 3.44. The zero-order valence-corrected chi connectivity index (χ0v) is 13.5. The summed E-state index contributed by atoms with van der Waals surface area (Å²) in [6.07, 6.45) is -4.47. The smallest absolute Gasteiger partial charge is 0.355 e. The molecule has 2 N–H and O–H groups in total. The fraction of sp³-hybridized carbons (Fsp3) is 0.286. The highest BCUT2D eigenvalue weighted by Crippen LogP contribution is 2.39. The molecule has 0 unspecified atom stereocenters. The molecule has 9 heteroatoms. The van der Waals surface area contributed by atoms with Gasteiger partial charge in [-0.2, -0.15) is 13.2 Å². The molecule has 0 aliphatic rings. The monoisotopic (exact) mass is 364 g/mol. The fourth-order valence-corrected chi connectivity index (χ4v) is 3.36. The number of likely N-dealkylation sites (N-methyl/N-ethyl adjacent to an activating group) is 1. The van der Waals surface area contributed by atoms with Crippen molar-refractivity contribution in [2.45, 2.75) is 13.1 Å². The minimum absolute atomic E-state index is 0.0743. The Hall–Kier alpha value is -1.80. The van der Waals surface area contributed by atoms with Gasteiger partial charge in [-0.3, -0.25) is 9.59 Å². The van der Waals surface area contributed by atoms with E-state index in [1.165, 1.54) is 6.07 Å². The van der Waals surface area contributed by atoms with Gasteiger partial charge in [-0.25, -0.2) is 0 Å². The number of benzene rings is 1. The Bertz CT molecular complexity index is 758. The summed E-state index contributed by atoms with van der Waals surface area (Å²) in [5, 5.41) is 5.34. The van der Waals surface area contributed by atoms with Crippen molar-refractivity contribution < 1.29 is 22.8 Å². The number of hydrogen-bond acceptors (Lipinski definition) is 3. The van der Waals surface area contributed by atoms with Crippen molar-refractivity contribution >= 4 is 44.8 Å². The molecular weight excluding hydrogens is 353 g/mol. The normalized spacial score (nSPS) is 11.5. The van der Waals surface area contributed by atoms with Crippen molar-refractivity contribution in [3.8, 4) is 0 Å². The Balaban J connectivity index is 2.26. The number of carbonyl (C=O) groups is 2. The maximum absolute atomic E-state index is 12.7. The number of hydrogen-bond donors (Lipinski definition) is 2. The van der Waals surface area contributed by atoms with Gasteiger partial charge >= 0.3 is 6.18 Å². The maximum atomic E-state index is 12.7. The summed E-state index contributed by atoms with van der Waals surface area (Å²) in [7, 11) is 0. The number of rotatable bonds is 4. The SMILES string of the molecule is CCNC(=O)CNC(=O)c1sc2cc(C(F)(F)F)ccc2c1Cl. The van der Waals surface area contributed by atoms with Crippen LogP contribution in [0, 0.1) is 0 Å². The summed E-state index contributed by atoms with van der Waals surface area (Å²) in [4.78, 5) is 23.4. The number of fused-ring (bicyclic) bond motifs is 1. The molecule has 2 rings (SSSR count). The van der Waals surface area contributed by atoms with Gasteiger partial charge in [0, 0.05) is 16.6 Å². The zero-order valence-electron chi connectivity index (χ0n) is 11.9. The molecule has 1 heterocycles. The highest BCUT2D eigenvalue weighted by atomic mass is 35.5. The molecule has 0 aliphatic carbocycles. The number of amides is 2. The third kappa shape index (κ3) is 3.94. The van der Waals surface area contributed by atoms with Gasteiger partial charge < -0.3 is 10.6 Å². The first-order chi connectivity index (χ1) is 10.7. The first-order valence-electron chi connectivity index (χ1n) is 6.58. The summed E-state index contributed by atoms with van der Waals surface area (Å²) in [5.74, 6) is -0.964. The molecule has 0 saturated carbocycles. The van der Waals surface area contributed by atoms with Gasteiger partial charge in [0.2, 0.25) is 5.91 Å². The van der Waals surface area contributed by atoms with Gasteiger partial charge in [0.15, 0.2) is 0 Å². The lowest BCUT2D eigenvalue weighted by Crippen LogP contribution is -2.36. The van der Waals surface area contributed by atoms with Crippen molar-refractivity contribution in [2.75, 3.05) is 13.1 Å². The van der Waals surface area contributed by atoms with E-state index in [4.69, 9.17) is 11.6 Å². The molecule has 23 heavy (non-hydrogen) atoms. The van der Waals surface area contributed by atoms with E-state index in [0.717, 1.165) is 23.5 Å². The molecule has 0 aliphatic heterocycles. The number of halogens is 4. The van der Waals surface area contributed by atoms with E-state index in [9.17, 15) is 22.8 Å². The Morgan fingerprint density at radius 3 is 2.57 bits per heavy atom. The Kier molecular flexibility index (Phi) is 5.16. The van der Waals surface area contributed by atoms with E-state index in [1.807, 2.05) is 0 Å². The lowest BCUT2D eigenvalue weighted by Gasteiger charge is -2.05. The Morgan fingerprint density at radius 2 is 1.96 bits per heavy atom. The van der Waals surface area contributed by atoms with Crippen LogP contribution in [0.15, 0.2) is 18.2 Å². The minimum atomic E-state index is -4.47. The first-order valence-corrected chi connectivity index (χ1v) is 7.77. The fourth-order valence-electron chi connectivity index (χ4n) is 1.89. The van der Waals surface area contributed by atoms with Gasteiger partial charge in [-0.15, -0.1) is 11.3 Å². The minimum Gasteiger partial charge on any atom is -0.355 e. The van der Waals surface area contributed by atoms with Crippen LogP contribution in [0.4, 0.5) is 13.2 Å². The Morgan fingerprint density at radius 1 is 1.26 bits per heavy atom. The molecule has 2 amide bonds. The maximum Gasteiger partial charge on any atom is 0.416 e. The van der Waals surface area contributed by atoms with Crippen LogP contribution in [0.1, 0.15) is 22.2 Å². The number of thiophene rings is 1. The van der Waals surface area contributed by atoms with Crippen LogP contribution < -0.4 is 10.6 Å². The highest BCUT2D eigenvalue weighted by molar-refractivity contribution is 7.21. The van der Waals surface area contributed by atoms with Crippen molar-refractivity contribution in [1.82, 2.24) is 10.6 Å². The third-order valence-electron chi connectivity index (χ3n) is 2.95. The lowest BCUT2D eigenvalue weighted by molar-refractivity contribution is -0.137. The van der Waals surface area contributed by atoms with Gasteiger partial charge in [-0.05, 0) is 19.1 Å². The van der Waals surface area contributed by atoms with Crippen molar-refractivity contribution in [3.63, 3.8) is 0 Å². The summed E-state index contributed by atoms with van der Waals surface area (Å²) in [5.41, 5.74) is -0.808. The summed E-state index contributed by atoms with van der Waals surface area (Å²) < 4.78 is 38.4.